The van der Waals surface area contributed by atoms with Gasteiger partial charge in [-0.2, -0.15) is 0 Å². The van der Waals surface area contributed by atoms with Crippen LogP contribution in [-0.4, -0.2) is 57.4 Å². The predicted molar refractivity (Wildman–Crippen MR) is 99.0 cm³/mol. The Bertz CT molecular complexity index is 521. The minimum absolute atomic E-state index is 0.0738. The van der Waals surface area contributed by atoms with Crippen LogP contribution in [0.5, 0.6) is 0 Å². The second kappa shape index (κ2) is 10.6. The average Bonchev–Trinajstić information content (AvgIpc) is 3.15. The second-order valence-electron chi connectivity index (χ2n) is 6.23. The first-order chi connectivity index (χ1) is 11.8. The van der Waals surface area contributed by atoms with Crippen molar-refractivity contribution in [1.29, 1.82) is 0 Å². The number of fused-ring (bicyclic) bond motifs is 1. The molecule has 25 heavy (non-hydrogen) atoms. The maximum atomic E-state index is 13.8. The van der Waals surface area contributed by atoms with Crippen LogP contribution in [-0.2, 0) is 4.74 Å². The van der Waals surface area contributed by atoms with E-state index in [1.807, 2.05) is 0 Å². The van der Waals surface area contributed by atoms with Gasteiger partial charge in [-0.1, -0.05) is 11.6 Å². The largest absolute Gasteiger partial charge is 0.468 e. The van der Waals surface area contributed by atoms with E-state index in [0.29, 0.717) is 12.6 Å². The summed E-state index contributed by atoms with van der Waals surface area (Å²) in [5.74, 6) is -0.581. The van der Waals surface area contributed by atoms with Gasteiger partial charge in [-0.15, -0.1) is 0 Å². The molecule has 2 N–H and O–H groups in total. The molecule has 2 aliphatic rings. The summed E-state index contributed by atoms with van der Waals surface area (Å²) in [6.07, 6.45) is 2.81. The molecule has 2 rings (SSSR count). The molecule has 0 aromatic heterocycles. The van der Waals surface area contributed by atoms with E-state index in [1.165, 1.54) is 34.0 Å². The topological polar surface area (TPSA) is 48.9 Å². The minimum Gasteiger partial charge on any atom is -0.468 e. The van der Waals surface area contributed by atoms with Crippen LogP contribution in [0.1, 0.15) is 33.1 Å². The summed E-state index contributed by atoms with van der Waals surface area (Å²) in [4.78, 5) is 6.08. The summed E-state index contributed by atoms with van der Waals surface area (Å²) in [5, 5.41) is 5.17. The number of rotatable bonds is 3. The predicted octanol–water partition coefficient (Wildman–Crippen LogP) is 3.29. The van der Waals surface area contributed by atoms with E-state index in [9.17, 15) is 8.78 Å². The SMILES string of the molecule is CN=C(NC(=C(C)C)/C(F)=C(/Cl)NC)OC.FC1CC2CCCN2C1. The van der Waals surface area contributed by atoms with E-state index in [0.717, 1.165) is 18.5 Å². The van der Waals surface area contributed by atoms with Crippen LogP contribution in [0.15, 0.2) is 27.2 Å². The molecule has 0 aromatic rings. The molecule has 144 valence electrons. The van der Waals surface area contributed by atoms with Gasteiger partial charge < -0.3 is 15.4 Å². The highest BCUT2D eigenvalue weighted by molar-refractivity contribution is 6.29. The summed E-state index contributed by atoms with van der Waals surface area (Å²) < 4.78 is 31.3. The van der Waals surface area contributed by atoms with Crippen molar-refractivity contribution < 1.29 is 13.5 Å². The van der Waals surface area contributed by atoms with Crippen LogP contribution < -0.4 is 10.6 Å². The average molecular weight is 379 g/mol. The van der Waals surface area contributed by atoms with Crippen molar-refractivity contribution in [3.63, 3.8) is 0 Å². The molecule has 0 amide bonds. The molecule has 5 nitrogen and oxygen atoms in total. The third-order valence-electron chi connectivity index (χ3n) is 4.22. The molecule has 0 radical (unpaired) electrons. The van der Waals surface area contributed by atoms with Crippen molar-refractivity contribution >= 4 is 17.6 Å². The quantitative estimate of drug-likeness (QED) is 0.342. The monoisotopic (exact) mass is 378 g/mol. The molecular weight excluding hydrogens is 350 g/mol. The summed E-state index contributed by atoms with van der Waals surface area (Å²) in [6, 6.07) is 0.826. The first-order valence-corrected chi connectivity index (χ1v) is 8.78. The fraction of sp³-hybridized carbons (Fsp3) is 0.706. The number of alkyl halides is 1. The Balaban J connectivity index is 0.000000286. The molecule has 0 aromatic carbocycles. The van der Waals surface area contributed by atoms with Crippen molar-refractivity contribution in [2.75, 3.05) is 34.3 Å². The third-order valence-corrected chi connectivity index (χ3v) is 4.57. The molecule has 0 aliphatic carbocycles. The minimum atomic E-state index is -0.581. The maximum absolute atomic E-state index is 13.8. The summed E-state index contributed by atoms with van der Waals surface area (Å²) in [5.41, 5.74) is 0.964. The van der Waals surface area contributed by atoms with Crippen LogP contribution in [0, 0.1) is 0 Å². The van der Waals surface area contributed by atoms with Crippen molar-refractivity contribution in [3.8, 4) is 0 Å². The second-order valence-corrected chi connectivity index (χ2v) is 6.61. The standard InChI is InChI=1S/C10H17ClFN3O.C7H12FN/c1-6(2)8(7(12)9(11)13-3)15-10(14-4)16-5;8-6-4-7-2-1-3-9(7)5-6/h13H,1-5H3,(H,14,15);6-7H,1-5H2/b9-7+;. The lowest BCUT2D eigenvalue weighted by Gasteiger charge is -2.13. The smallest absolute Gasteiger partial charge is 0.288 e. The lowest BCUT2D eigenvalue weighted by Crippen LogP contribution is -2.26. The van der Waals surface area contributed by atoms with Crippen LogP contribution in [0.4, 0.5) is 8.78 Å². The number of nitrogens with one attached hydrogen (secondary N) is 2. The Morgan fingerprint density at radius 2 is 2.04 bits per heavy atom. The number of hydrogen-bond donors (Lipinski definition) is 2. The Labute approximate surface area is 154 Å². The maximum Gasteiger partial charge on any atom is 0.288 e. The van der Waals surface area contributed by atoms with E-state index in [4.69, 9.17) is 16.3 Å². The number of ether oxygens (including phenoxy) is 1. The molecule has 2 aliphatic heterocycles. The van der Waals surface area contributed by atoms with Gasteiger partial charge in [0, 0.05) is 26.7 Å². The zero-order valence-corrected chi connectivity index (χ0v) is 16.4. The molecule has 0 saturated carbocycles. The Morgan fingerprint density at radius 1 is 1.36 bits per heavy atom. The van der Waals surface area contributed by atoms with Crippen LogP contribution >= 0.6 is 11.6 Å². The number of allylic oxidation sites excluding steroid dienone is 2. The zero-order chi connectivity index (χ0) is 19.0. The van der Waals surface area contributed by atoms with Gasteiger partial charge in [0.15, 0.2) is 5.83 Å². The molecule has 2 fully saturated rings. The van der Waals surface area contributed by atoms with Crippen molar-refractivity contribution in [2.24, 2.45) is 4.99 Å². The molecule has 0 spiro atoms. The Kier molecular flexibility index (Phi) is 9.21. The Hall–Kier alpha value is -1.34. The molecule has 8 heteroatoms. The first kappa shape index (κ1) is 21.7. The number of amidine groups is 1. The molecule has 0 bridgehead atoms. The molecular formula is C17H29ClF2N4O. The number of methoxy groups -OCH3 is 1. The van der Waals surface area contributed by atoms with E-state index < -0.39 is 12.0 Å². The Morgan fingerprint density at radius 3 is 2.52 bits per heavy atom. The highest BCUT2D eigenvalue weighted by Gasteiger charge is 2.34. The van der Waals surface area contributed by atoms with Gasteiger partial charge in [0.1, 0.15) is 11.3 Å². The van der Waals surface area contributed by atoms with Crippen LogP contribution in [0.25, 0.3) is 0 Å². The fourth-order valence-corrected chi connectivity index (χ4v) is 3.05. The van der Waals surface area contributed by atoms with Gasteiger partial charge in [-0.25, -0.2) is 13.8 Å². The highest BCUT2D eigenvalue weighted by Crippen LogP contribution is 2.28. The van der Waals surface area contributed by atoms with E-state index in [1.54, 1.807) is 13.8 Å². The van der Waals surface area contributed by atoms with Crippen LogP contribution in [0.2, 0.25) is 0 Å². The van der Waals surface area contributed by atoms with Crippen molar-refractivity contribution in [2.45, 2.75) is 45.3 Å². The van der Waals surface area contributed by atoms with Gasteiger partial charge in [-0.05, 0) is 45.2 Å². The van der Waals surface area contributed by atoms with Gasteiger partial charge in [0.25, 0.3) is 6.02 Å². The van der Waals surface area contributed by atoms with Gasteiger partial charge in [0.05, 0.1) is 12.8 Å². The normalized spacial score (nSPS) is 23.9. The molecule has 2 saturated heterocycles. The lowest BCUT2D eigenvalue weighted by molar-refractivity contribution is 0.292. The summed E-state index contributed by atoms with van der Waals surface area (Å²) in [6.45, 7) is 5.37. The summed E-state index contributed by atoms with van der Waals surface area (Å²) in [7, 11) is 4.52. The molecule has 2 atom stereocenters. The van der Waals surface area contributed by atoms with Crippen LogP contribution in [0.3, 0.4) is 0 Å². The lowest BCUT2D eigenvalue weighted by atomic mass is 10.1. The number of aliphatic imine (C=N–C) groups is 1. The van der Waals surface area contributed by atoms with Gasteiger partial charge in [-0.3, -0.25) is 4.90 Å². The van der Waals surface area contributed by atoms with Gasteiger partial charge >= 0.3 is 0 Å². The number of hydrogen-bond acceptors (Lipinski definition) is 4. The highest BCUT2D eigenvalue weighted by atomic mass is 35.5. The third kappa shape index (κ3) is 6.47. The van der Waals surface area contributed by atoms with Crippen molar-refractivity contribution in [3.05, 3.63) is 22.3 Å². The number of halogens is 3. The van der Waals surface area contributed by atoms with E-state index >= 15 is 0 Å². The molecule has 2 heterocycles. The van der Waals surface area contributed by atoms with E-state index in [2.05, 4.69) is 20.5 Å². The molecule has 2 unspecified atom stereocenters. The number of nitrogens with zero attached hydrogens (tertiary/aromatic N) is 2. The summed E-state index contributed by atoms with van der Waals surface area (Å²) >= 11 is 5.66. The first-order valence-electron chi connectivity index (χ1n) is 8.40. The zero-order valence-electron chi connectivity index (χ0n) is 15.6. The van der Waals surface area contributed by atoms with Gasteiger partial charge in [0.2, 0.25) is 0 Å². The van der Waals surface area contributed by atoms with Crippen molar-refractivity contribution in [1.82, 2.24) is 15.5 Å². The fourth-order valence-electron chi connectivity index (χ4n) is 2.95. The van der Waals surface area contributed by atoms with E-state index in [-0.39, 0.29) is 16.9 Å².